The van der Waals surface area contributed by atoms with Crippen LogP contribution in [-0.4, -0.2) is 16.9 Å². The number of nitrogens with zero attached hydrogens (tertiary/aromatic N) is 1. The van der Waals surface area contributed by atoms with Crippen LogP contribution >= 0.6 is 0 Å². The predicted molar refractivity (Wildman–Crippen MR) is 80.3 cm³/mol. The summed E-state index contributed by atoms with van der Waals surface area (Å²) in [4.78, 5) is 0. The molecule has 4 nitrogen and oxygen atoms in total. The molecule has 0 fully saturated rings. The molecule has 1 N–H and O–H groups in total. The van der Waals surface area contributed by atoms with E-state index in [4.69, 9.17) is 14.4 Å². The predicted octanol–water partition coefficient (Wildman–Crippen LogP) is 3.25. The number of hydrogen-bond donors (Lipinski definition) is 1. The van der Waals surface area contributed by atoms with E-state index < -0.39 is 0 Å². The highest BCUT2D eigenvalue weighted by Gasteiger charge is 2.09. The Morgan fingerprint density at radius 2 is 2.05 bits per heavy atom. The highest BCUT2D eigenvalue weighted by molar-refractivity contribution is 5.81. The Morgan fingerprint density at radius 3 is 2.86 bits per heavy atom. The maximum absolute atomic E-state index is 9.04. The minimum atomic E-state index is 0.0515. The SMILES string of the molecule is Cc1ccccc1COc1ccc2onc(CCO)c2c1. The smallest absolute Gasteiger partial charge is 0.167 e. The Bertz CT molecular complexity index is 749. The van der Waals surface area contributed by atoms with Crippen molar-refractivity contribution in [3.63, 3.8) is 0 Å². The topological polar surface area (TPSA) is 55.5 Å². The summed E-state index contributed by atoms with van der Waals surface area (Å²) in [5.41, 5.74) is 3.85. The second-order valence-corrected chi connectivity index (χ2v) is 4.98. The van der Waals surface area contributed by atoms with E-state index >= 15 is 0 Å². The molecule has 0 radical (unpaired) electrons. The Balaban J connectivity index is 1.81. The molecule has 0 amide bonds. The standard InChI is InChI=1S/C17H17NO3/c1-12-4-2-3-5-13(12)11-20-14-6-7-17-15(10-14)16(8-9-19)18-21-17/h2-7,10,19H,8-9,11H2,1H3. The van der Waals surface area contributed by atoms with Gasteiger partial charge in [-0.2, -0.15) is 0 Å². The van der Waals surface area contributed by atoms with Gasteiger partial charge in [0.2, 0.25) is 0 Å². The third kappa shape index (κ3) is 2.90. The Labute approximate surface area is 123 Å². The van der Waals surface area contributed by atoms with E-state index in [1.807, 2.05) is 30.3 Å². The number of benzene rings is 2. The van der Waals surface area contributed by atoms with E-state index in [0.717, 1.165) is 16.8 Å². The zero-order valence-corrected chi connectivity index (χ0v) is 11.9. The molecule has 21 heavy (non-hydrogen) atoms. The Kier molecular flexibility index (Phi) is 3.88. The van der Waals surface area contributed by atoms with E-state index in [0.29, 0.717) is 18.6 Å². The molecule has 108 valence electrons. The lowest BCUT2D eigenvalue weighted by atomic mass is 10.1. The van der Waals surface area contributed by atoms with Crippen molar-refractivity contribution in [1.82, 2.24) is 5.16 Å². The minimum Gasteiger partial charge on any atom is -0.489 e. The van der Waals surface area contributed by atoms with Crippen molar-refractivity contribution in [2.24, 2.45) is 0 Å². The van der Waals surface area contributed by atoms with Gasteiger partial charge in [-0.1, -0.05) is 29.4 Å². The number of ether oxygens (including phenoxy) is 1. The van der Waals surface area contributed by atoms with Gasteiger partial charge in [-0.25, -0.2) is 0 Å². The van der Waals surface area contributed by atoms with E-state index in [2.05, 4.69) is 24.2 Å². The first-order valence-electron chi connectivity index (χ1n) is 6.94. The zero-order valence-electron chi connectivity index (χ0n) is 11.9. The molecule has 0 atom stereocenters. The number of aromatic nitrogens is 1. The molecule has 0 aliphatic rings. The summed E-state index contributed by atoms with van der Waals surface area (Å²) in [6, 6.07) is 13.8. The van der Waals surface area contributed by atoms with Gasteiger partial charge in [0.25, 0.3) is 0 Å². The Hall–Kier alpha value is -2.33. The highest BCUT2D eigenvalue weighted by Crippen LogP contribution is 2.25. The fourth-order valence-electron chi connectivity index (χ4n) is 2.28. The van der Waals surface area contributed by atoms with Crippen molar-refractivity contribution in [3.05, 3.63) is 59.3 Å². The second-order valence-electron chi connectivity index (χ2n) is 4.98. The maximum atomic E-state index is 9.04. The molecule has 3 rings (SSSR count). The number of aliphatic hydroxyl groups excluding tert-OH is 1. The first kappa shape index (κ1) is 13.6. The van der Waals surface area contributed by atoms with Crippen LogP contribution in [0.4, 0.5) is 0 Å². The van der Waals surface area contributed by atoms with Gasteiger partial charge in [0, 0.05) is 18.4 Å². The van der Waals surface area contributed by atoms with Gasteiger partial charge in [-0.05, 0) is 36.2 Å². The zero-order chi connectivity index (χ0) is 14.7. The second kappa shape index (κ2) is 5.97. The van der Waals surface area contributed by atoms with Crippen LogP contribution in [0.3, 0.4) is 0 Å². The third-order valence-electron chi connectivity index (χ3n) is 3.52. The van der Waals surface area contributed by atoms with Crippen LogP contribution in [-0.2, 0) is 13.0 Å². The molecular weight excluding hydrogens is 266 g/mol. The lowest BCUT2D eigenvalue weighted by molar-refractivity contribution is 0.295. The third-order valence-corrected chi connectivity index (χ3v) is 3.52. The van der Waals surface area contributed by atoms with Crippen LogP contribution in [0.15, 0.2) is 47.0 Å². The molecule has 2 aromatic carbocycles. The molecule has 4 heteroatoms. The Morgan fingerprint density at radius 1 is 1.19 bits per heavy atom. The van der Waals surface area contributed by atoms with Gasteiger partial charge in [0.15, 0.2) is 5.58 Å². The first-order chi connectivity index (χ1) is 10.3. The summed E-state index contributed by atoms with van der Waals surface area (Å²) >= 11 is 0. The maximum Gasteiger partial charge on any atom is 0.167 e. The van der Waals surface area contributed by atoms with Crippen LogP contribution in [0.25, 0.3) is 11.0 Å². The molecule has 1 heterocycles. The lowest BCUT2D eigenvalue weighted by Gasteiger charge is -2.08. The van der Waals surface area contributed by atoms with Crippen molar-refractivity contribution in [2.75, 3.05) is 6.61 Å². The minimum absolute atomic E-state index is 0.0515. The van der Waals surface area contributed by atoms with E-state index in [-0.39, 0.29) is 6.61 Å². The quantitative estimate of drug-likeness (QED) is 0.781. The number of aliphatic hydroxyl groups is 1. The van der Waals surface area contributed by atoms with Gasteiger partial charge in [-0.3, -0.25) is 0 Å². The molecule has 0 bridgehead atoms. The van der Waals surface area contributed by atoms with Crippen molar-refractivity contribution in [3.8, 4) is 5.75 Å². The first-order valence-corrected chi connectivity index (χ1v) is 6.94. The summed E-state index contributed by atoms with van der Waals surface area (Å²) in [6.07, 6.45) is 0.480. The van der Waals surface area contributed by atoms with Crippen LogP contribution in [0.1, 0.15) is 16.8 Å². The molecule has 3 aromatic rings. The highest BCUT2D eigenvalue weighted by atomic mass is 16.5. The number of aryl methyl sites for hydroxylation is 1. The number of rotatable bonds is 5. The summed E-state index contributed by atoms with van der Waals surface area (Å²) in [6.45, 7) is 2.65. The van der Waals surface area contributed by atoms with Crippen LogP contribution < -0.4 is 4.74 Å². The summed E-state index contributed by atoms with van der Waals surface area (Å²) in [5, 5.41) is 13.9. The van der Waals surface area contributed by atoms with E-state index in [1.165, 1.54) is 11.1 Å². The number of hydrogen-bond acceptors (Lipinski definition) is 4. The van der Waals surface area contributed by atoms with Crippen molar-refractivity contribution in [1.29, 1.82) is 0 Å². The number of fused-ring (bicyclic) bond motifs is 1. The monoisotopic (exact) mass is 283 g/mol. The molecule has 0 unspecified atom stereocenters. The molecule has 0 saturated heterocycles. The lowest BCUT2D eigenvalue weighted by Crippen LogP contribution is -1.97. The van der Waals surface area contributed by atoms with Crippen LogP contribution in [0.5, 0.6) is 5.75 Å². The summed E-state index contributed by atoms with van der Waals surface area (Å²) < 4.78 is 11.1. The fourth-order valence-corrected chi connectivity index (χ4v) is 2.28. The van der Waals surface area contributed by atoms with E-state index in [1.54, 1.807) is 0 Å². The van der Waals surface area contributed by atoms with Crippen molar-refractivity contribution in [2.45, 2.75) is 20.0 Å². The van der Waals surface area contributed by atoms with Crippen molar-refractivity contribution >= 4 is 11.0 Å². The molecule has 1 aromatic heterocycles. The largest absolute Gasteiger partial charge is 0.489 e. The molecule has 0 aliphatic carbocycles. The van der Waals surface area contributed by atoms with Gasteiger partial charge in [0.1, 0.15) is 12.4 Å². The van der Waals surface area contributed by atoms with Crippen LogP contribution in [0.2, 0.25) is 0 Å². The molecule has 0 aliphatic heterocycles. The van der Waals surface area contributed by atoms with Gasteiger partial charge < -0.3 is 14.4 Å². The van der Waals surface area contributed by atoms with Gasteiger partial charge in [-0.15, -0.1) is 0 Å². The normalized spacial score (nSPS) is 11.0. The average Bonchev–Trinajstić information content (AvgIpc) is 2.89. The molecule has 0 spiro atoms. The van der Waals surface area contributed by atoms with Crippen LogP contribution in [0, 0.1) is 6.92 Å². The summed E-state index contributed by atoms with van der Waals surface area (Å²) in [7, 11) is 0. The van der Waals surface area contributed by atoms with Gasteiger partial charge in [0.05, 0.1) is 5.69 Å². The van der Waals surface area contributed by atoms with Gasteiger partial charge >= 0.3 is 0 Å². The van der Waals surface area contributed by atoms with E-state index in [9.17, 15) is 0 Å². The average molecular weight is 283 g/mol. The fraction of sp³-hybridized carbons (Fsp3) is 0.235. The molecule has 0 saturated carbocycles. The van der Waals surface area contributed by atoms with Crippen molar-refractivity contribution < 1.29 is 14.4 Å². The molecular formula is C17H17NO3. The summed E-state index contributed by atoms with van der Waals surface area (Å²) in [5.74, 6) is 0.771.